The van der Waals surface area contributed by atoms with E-state index in [-0.39, 0.29) is 38.5 Å². The number of amides is 2. The van der Waals surface area contributed by atoms with Crippen molar-refractivity contribution in [1.82, 2.24) is 10.6 Å². The highest BCUT2D eigenvalue weighted by molar-refractivity contribution is 6.48. The Labute approximate surface area is 236 Å². The lowest BCUT2D eigenvalue weighted by Crippen LogP contribution is -2.46. The number of halogens is 9. The summed E-state index contributed by atoms with van der Waals surface area (Å²) in [6.45, 7) is 3.35. The molecular weight excluding hydrogens is 593 g/mol. The summed E-state index contributed by atoms with van der Waals surface area (Å²) in [5.41, 5.74) is -2.72. The molecule has 0 heterocycles. The summed E-state index contributed by atoms with van der Waals surface area (Å²) in [4.78, 5) is 24.5. The van der Waals surface area contributed by atoms with Gasteiger partial charge in [-0.3, -0.25) is 9.59 Å². The van der Waals surface area contributed by atoms with Crippen LogP contribution in [0.25, 0.3) is 6.08 Å². The zero-order valence-corrected chi connectivity index (χ0v) is 23.0. The van der Waals surface area contributed by atoms with Crippen LogP contribution < -0.4 is 10.6 Å². The molecule has 0 aliphatic rings. The average Bonchev–Trinajstić information content (AvgIpc) is 2.81. The van der Waals surface area contributed by atoms with Crippen LogP contribution in [0.5, 0.6) is 0 Å². The van der Waals surface area contributed by atoms with Crippen LogP contribution in [0, 0.1) is 0 Å². The fourth-order valence-corrected chi connectivity index (χ4v) is 4.24. The largest absolute Gasteiger partial charge is 0.417 e. The fourth-order valence-electron chi connectivity index (χ4n) is 3.63. The first kappa shape index (κ1) is 32.8. The Balaban J connectivity index is 2.32. The van der Waals surface area contributed by atoms with Crippen molar-refractivity contribution in [2.24, 2.45) is 0 Å². The number of allylic oxidation sites excluding steroid dienone is 1. The van der Waals surface area contributed by atoms with Crippen molar-refractivity contribution in [2.45, 2.75) is 64.0 Å². The van der Waals surface area contributed by atoms with Gasteiger partial charge in [-0.15, -0.1) is 0 Å². The van der Waals surface area contributed by atoms with Crippen LogP contribution in [0.1, 0.15) is 72.5 Å². The highest BCUT2D eigenvalue weighted by Gasteiger charge is 2.40. The van der Waals surface area contributed by atoms with Gasteiger partial charge in [-0.25, -0.2) is 0 Å². The lowest BCUT2D eigenvalue weighted by atomic mass is 9.96. The van der Waals surface area contributed by atoms with E-state index in [0.29, 0.717) is 18.6 Å². The molecule has 2 amide bonds. The van der Waals surface area contributed by atoms with E-state index in [4.69, 9.17) is 34.8 Å². The Hall–Kier alpha value is -2.43. The van der Waals surface area contributed by atoms with Crippen molar-refractivity contribution < 1.29 is 35.9 Å². The third kappa shape index (κ3) is 9.61. The monoisotopic (exact) mass is 616 g/mol. The molecule has 2 aromatic carbocycles. The second kappa shape index (κ2) is 13.8. The molecule has 0 aliphatic heterocycles. The lowest BCUT2D eigenvalue weighted by Gasteiger charge is -2.19. The molecule has 0 spiro atoms. The minimum atomic E-state index is -5.00. The van der Waals surface area contributed by atoms with Crippen LogP contribution in [0.4, 0.5) is 26.3 Å². The molecule has 13 heteroatoms. The standard InChI is InChI=1S/C26H25Cl3F6N2O2/c1-3-4-5-6-22(38)36-14(2)37-24(39)17-9-7-15(11-19(17)26(33,34)35)8-10-18(25(30,31)32)16-12-20(27)23(29)21(28)13-16/h7-14,18H,3-6H2,1-2H3,(H,36,38)(H,37,39)/b10-8+/t14-,18?/m1/s1. The SMILES string of the molecule is CCCCCC(=O)N[C@@H](C)NC(=O)c1ccc(/C=C/C(c2cc(Cl)c(Cl)c(Cl)c2)C(F)(F)F)cc1C(F)(F)F. The minimum Gasteiger partial charge on any atom is -0.336 e. The topological polar surface area (TPSA) is 58.2 Å². The first-order chi connectivity index (χ1) is 18.0. The van der Waals surface area contributed by atoms with Crippen molar-refractivity contribution in [1.29, 1.82) is 0 Å². The van der Waals surface area contributed by atoms with Gasteiger partial charge in [-0.2, -0.15) is 26.3 Å². The van der Waals surface area contributed by atoms with Crippen LogP contribution in [-0.4, -0.2) is 24.2 Å². The van der Waals surface area contributed by atoms with Crippen LogP contribution in [0.2, 0.25) is 15.1 Å². The predicted octanol–water partition coefficient (Wildman–Crippen LogP) is 8.80. The fraction of sp³-hybridized carbons (Fsp3) is 0.385. The summed E-state index contributed by atoms with van der Waals surface area (Å²) in [7, 11) is 0. The second-order valence-corrected chi connectivity index (χ2v) is 9.89. The molecule has 0 fully saturated rings. The molecule has 4 nitrogen and oxygen atoms in total. The first-order valence-corrected chi connectivity index (χ1v) is 12.9. The van der Waals surface area contributed by atoms with Crippen molar-refractivity contribution in [3.8, 4) is 0 Å². The molecule has 0 bridgehead atoms. The molecule has 2 atom stereocenters. The summed E-state index contributed by atoms with van der Waals surface area (Å²) in [6, 6.07) is 4.43. The zero-order chi connectivity index (χ0) is 29.5. The number of rotatable bonds is 10. The van der Waals surface area contributed by atoms with Crippen LogP contribution >= 0.6 is 34.8 Å². The average molecular weight is 618 g/mol. The van der Waals surface area contributed by atoms with E-state index in [0.717, 1.165) is 43.2 Å². The number of benzene rings is 2. The van der Waals surface area contributed by atoms with Gasteiger partial charge in [0.05, 0.1) is 38.3 Å². The Morgan fingerprint density at radius 3 is 2.10 bits per heavy atom. The number of hydrogen-bond acceptors (Lipinski definition) is 2. The molecule has 0 aliphatic carbocycles. The van der Waals surface area contributed by atoms with E-state index < -0.39 is 41.5 Å². The predicted molar refractivity (Wildman–Crippen MR) is 140 cm³/mol. The lowest BCUT2D eigenvalue weighted by molar-refractivity contribution is -0.139. The van der Waals surface area contributed by atoms with Gasteiger partial charge in [0.15, 0.2) is 0 Å². The molecule has 2 aromatic rings. The number of carbonyl (C=O) groups excluding carboxylic acids is 2. The van der Waals surface area contributed by atoms with E-state index in [2.05, 4.69) is 10.6 Å². The Morgan fingerprint density at radius 1 is 0.949 bits per heavy atom. The molecule has 214 valence electrons. The van der Waals surface area contributed by atoms with Crippen molar-refractivity contribution in [3.63, 3.8) is 0 Å². The number of carbonyl (C=O) groups is 2. The van der Waals surface area contributed by atoms with Gasteiger partial charge in [-0.05, 0) is 48.7 Å². The second-order valence-electron chi connectivity index (χ2n) is 8.70. The molecular formula is C26H25Cl3F6N2O2. The van der Waals surface area contributed by atoms with E-state index in [1.165, 1.54) is 6.92 Å². The maximum Gasteiger partial charge on any atom is 0.417 e. The number of unbranched alkanes of at least 4 members (excludes halogenated alkanes) is 2. The third-order valence-electron chi connectivity index (χ3n) is 5.53. The van der Waals surface area contributed by atoms with E-state index in [1.54, 1.807) is 0 Å². The molecule has 0 radical (unpaired) electrons. The van der Waals surface area contributed by atoms with Crippen molar-refractivity contribution >= 4 is 52.7 Å². The van der Waals surface area contributed by atoms with Gasteiger partial charge in [0, 0.05) is 6.42 Å². The normalized spacial score (nSPS) is 13.8. The Bertz CT molecular complexity index is 1190. The van der Waals surface area contributed by atoms with Crippen molar-refractivity contribution in [2.75, 3.05) is 0 Å². The molecule has 0 aromatic heterocycles. The maximum atomic E-state index is 13.8. The van der Waals surface area contributed by atoms with E-state index in [1.807, 2.05) is 6.92 Å². The number of hydrogen-bond donors (Lipinski definition) is 2. The van der Waals surface area contributed by atoms with Gasteiger partial charge < -0.3 is 10.6 Å². The Morgan fingerprint density at radius 2 is 1.56 bits per heavy atom. The summed E-state index contributed by atoms with van der Waals surface area (Å²) in [6.07, 6.45) is -6.73. The van der Waals surface area contributed by atoms with Gasteiger partial charge in [0.2, 0.25) is 5.91 Å². The molecule has 2 rings (SSSR count). The van der Waals surface area contributed by atoms with Gasteiger partial charge in [-0.1, -0.05) is 72.8 Å². The molecule has 0 saturated carbocycles. The number of alkyl halides is 6. The molecule has 1 unspecified atom stereocenters. The summed E-state index contributed by atoms with van der Waals surface area (Å²) < 4.78 is 82.7. The quantitative estimate of drug-likeness (QED) is 0.121. The number of nitrogens with one attached hydrogen (secondary N) is 2. The van der Waals surface area contributed by atoms with Gasteiger partial charge in [0.1, 0.15) is 0 Å². The molecule has 0 saturated heterocycles. The first-order valence-electron chi connectivity index (χ1n) is 11.7. The van der Waals surface area contributed by atoms with Crippen LogP contribution in [0.3, 0.4) is 0 Å². The van der Waals surface area contributed by atoms with E-state index >= 15 is 0 Å². The summed E-state index contributed by atoms with van der Waals surface area (Å²) in [5, 5.41) is 4.19. The van der Waals surface area contributed by atoms with Gasteiger partial charge in [0.25, 0.3) is 5.91 Å². The highest BCUT2D eigenvalue weighted by atomic mass is 35.5. The maximum absolute atomic E-state index is 13.8. The van der Waals surface area contributed by atoms with Crippen LogP contribution in [0.15, 0.2) is 36.4 Å². The zero-order valence-electron chi connectivity index (χ0n) is 20.7. The summed E-state index contributed by atoms with van der Waals surface area (Å²) >= 11 is 17.5. The van der Waals surface area contributed by atoms with Crippen molar-refractivity contribution in [3.05, 3.63) is 73.7 Å². The molecule has 2 N–H and O–H groups in total. The highest BCUT2D eigenvalue weighted by Crippen LogP contribution is 2.41. The third-order valence-corrected chi connectivity index (χ3v) is 6.72. The molecule has 39 heavy (non-hydrogen) atoms. The summed E-state index contributed by atoms with van der Waals surface area (Å²) in [5.74, 6) is -3.74. The van der Waals surface area contributed by atoms with Crippen LogP contribution in [-0.2, 0) is 11.0 Å². The smallest absolute Gasteiger partial charge is 0.336 e. The Kier molecular flexibility index (Phi) is 11.6. The minimum absolute atomic E-state index is 0.138. The van der Waals surface area contributed by atoms with Gasteiger partial charge >= 0.3 is 12.4 Å². The van der Waals surface area contributed by atoms with E-state index in [9.17, 15) is 35.9 Å².